The van der Waals surface area contributed by atoms with Gasteiger partial charge in [-0.05, 0) is 44.2 Å². The fourth-order valence-electron chi connectivity index (χ4n) is 5.25. The molecule has 0 aromatic carbocycles. The summed E-state index contributed by atoms with van der Waals surface area (Å²) in [6.07, 6.45) is 31.2. The third-order valence-electron chi connectivity index (χ3n) is 7.11. The van der Waals surface area contributed by atoms with Crippen molar-refractivity contribution < 1.29 is 0 Å². The first-order valence-electron chi connectivity index (χ1n) is 12.7. The van der Waals surface area contributed by atoms with Gasteiger partial charge in [0.1, 0.15) is 0 Å². The molecule has 2 aliphatic carbocycles. The number of rotatable bonds is 5. The number of hydrogen-bond acceptors (Lipinski definition) is 1. The fraction of sp³-hybridized carbons (Fsp3) is 1.00. The molecule has 0 unspecified atom stereocenters. The van der Waals surface area contributed by atoms with E-state index in [1.165, 1.54) is 148 Å². The van der Waals surface area contributed by atoms with E-state index < -0.39 is 0 Å². The molecular weight excluding hydrogens is 314 g/mol. The Balaban J connectivity index is 1.59. The van der Waals surface area contributed by atoms with Crippen molar-refractivity contribution in [3.63, 3.8) is 0 Å². The summed E-state index contributed by atoms with van der Waals surface area (Å²) in [4.78, 5) is 0. The van der Waals surface area contributed by atoms with Crippen molar-refractivity contribution in [3.8, 4) is 0 Å². The molecule has 1 nitrogen and oxygen atoms in total. The average Bonchev–Trinajstić information content (AvgIpc) is 2.75. The summed E-state index contributed by atoms with van der Waals surface area (Å²) < 4.78 is 0. The van der Waals surface area contributed by atoms with Gasteiger partial charge >= 0.3 is 0 Å². The van der Waals surface area contributed by atoms with Gasteiger partial charge in [-0.3, -0.25) is 0 Å². The van der Waals surface area contributed by atoms with Gasteiger partial charge in [0, 0.05) is 0 Å². The van der Waals surface area contributed by atoms with E-state index in [2.05, 4.69) is 5.32 Å². The molecule has 154 valence electrons. The van der Waals surface area contributed by atoms with Crippen LogP contribution in [-0.4, -0.2) is 13.1 Å². The lowest BCUT2D eigenvalue weighted by molar-refractivity contribution is 0.354. The molecule has 0 aromatic heterocycles. The topological polar surface area (TPSA) is 12.0 Å². The third-order valence-corrected chi connectivity index (χ3v) is 7.11. The van der Waals surface area contributed by atoms with Gasteiger partial charge in [0.25, 0.3) is 0 Å². The second kappa shape index (κ2) is 16.0. The van der Waals surface area contributed by atoms with Crippen LogP contribution < -0.4 is 5.32 Å². The maximum Gasteiger partial charge on any atom is -0.00205 e. The van der Waals surface area contributed by atoms with Crippen molar-refractivity contribution in [2.75, 3.05) is 13.1 Å². The molecule has 26 heavy (non-hydrogen) atoms. The predicted octanol–water partition coefficient (Wildman–Crippen LogP) is 8.03. The van der Waals surface area contributed by atoms with Crippen molar-refractivity contribution in [2.45, 2.75) is 135 Å². The number of nitrogens with one attached hydrogen (secondary N) is 1. The molecule has 0 aliphatic heterocycles. The molecule has 1 heteroatoms. The van der Waals surface area contributed by atoms with E-state index in [0.29, 0.717) is 0 Å². The third kappa shape index (κ3) is 11.6. The Bertz CT molecular complexity index is 247. The highest BCUT2D eigenvalue weighted by atomic mass is 14.9. The second-order valence-corrected chi connectivity index (χ2v) is 9.54. The van der Waals surface area contributed by atoms with E-state index in [9.17, 15) is 0 Å². The van der Waals surface area contributed by atoms with Gasteiger partial charge in [0.2, 0.25) is 0 Å². The van der Waals surface area contributed by atoms with Crippen LogP contribution in [-0.2, 0) is 0 Å². The second-order valence-electron chi connectivity index (χ2n) is 9.54. The maximum absolute atomic E-state index is 3.88. The minimum absolute atomic E-state index is 0.959. The largest absolute Gasteiger partial charge is 0.316 e. The van der Waals surface area contributed by atoms with Crippen LogP contribution in [0.4, 0.5) is 0 Å². The van der Waals surface area contributed by atoms with Crippen LogP contribution in [0, 0.1) is 11.8 Å². The van der Waals surface area contributed by atoms with Gasteiger partial charge in [-0.25, -0.2) is 0 Å². The summed E-state index contributed by atoms with van der Waals surface area (Å²) in [5, 5.41) is 3.88. The highest BCUT2D eigenvalue weighted by molar-refractivity contribution is 4.68. The van der Waals surface area contributed by atoms with Gasteiger partial charge in [0.05, 0.1) is 0 Å². The molecule has 0 radical (unpaired) electrons. The minimum Gasteiger partial charge on any atom is -0.316 e. The van der Waals surface area contributed by atoms with E-state index in [1.807, 2.05) is 0 Å². The molecule has 0 atom stereocenters. The Morgan fingerprint density at radius 3 is 1.19 bits per heavy atom. The molecule has 0 amide bonds. The Hall–Kier alpha value is -0.0400. The summed E-state index contributed by atoms with van der Waals surface area (Å²) in [5.74, 6) is 1.97. The first kappa shape index (κ1) is 22.3. The molecular formula is C25H49N. The highest BCUT2D eigenvalue weighted by Crippen LogP contribution is 2.24. The van der Waals surface area contributed by atoms with Crippen molar-refractivity contribution >= 4 is 0 Å². The van der Waals surface area contributed by atoms with E-state index >= 15 is 0 Å². The summed E-state index contributed by atoms with van der Waals surface area (Å²) in [6.45, 7) is 2.58. The van der Waals surface area contributed by atoms with E-state index in [0.717, 1.165) is 11.8 Å². The van der Waals surface area contributed by atoms with Gasteiger partial charge in [0.15, 0.2) is 0 Å². The van der Waals surface area contributed by atoms with Crippen molar-refractivity contribution in [1.82, 2.24) is 5.32 Å². The standard InChI is InChI=1S/C25H49N/c1-2-6-10-14-18-24(17-13-9-5-1)21-22-26-23-25-19-15-11-7-3-4-8-12-16-20-25/h24-26H,1-23H2. The van der Waals surface area contributed by atoms with Crippen molar-refractivity contribution in [2.24, 2.45) is 11.8 Å². The van der Waals surface area contributed by atoms with Crippen LogP contribution in [0.25, 0.3) is 0 Å². The maximum atomic E-state index is 3.88. The summed E-state index contributed by atoms with van der Waals surface area (Å²) in [5.41, 5.74) is 0. The van der Waals surface area contributed by atoms with Crippen LogP contribution in [0.2, 0.25) is 0 Å². The monoisotopic (exact) mass is 363 g/mol. The first-order chi connectivity index (χ1) is 12.9. The summed E-state index contributed by atoms with van der Waals surface area (Å²) >= 11 is 0. The molecule has 0 spiro atoms. The lowest BCUT2D eigenvalue weighted by atomic mass is 9.92. The zero-order chi connectivity index (χ0) is 18.1. The Morgan fingerprint density at radius 1 is 0.423 bits per heavy atom. The van der Waals surface area contributed by atoms with Crippen LogP contribution >= 0.6 is 0 Å². The molecule has 2 rings (SSSR count). The number of hydrogen-bond donors (Lipinski definition) is 1. The van der Waals surface area contributed by atoms with Gasteiger partial charge in [-0.15, -0.1) is 0 Å². The Morgan fingerprint density at radius 2 is 0.769 bits per heavy atom. The first-order valence-corrected chi connectivity index (χ1v) is 12.7. The smallest absolute Gasteiger partial charge is 0.00205 e. The molecule has 0 saturated heterocycles. The average molecular weight is 364 g/mol. The van der Waals surface area contributed by atoms with Gasteiger partial charge in [-0.1, -0.05) is 116 Å². The highest BCUT2D eigenvalue weighted by Gasteiger charge is 2.12. The Labute approximate surface area is 165 Å². The molecule has 0 aromatic rings. The van der Waals surface area contributed by atoms with E-state index in [-0.39, 0.29) is 0 Å². The van der Waals surface area contributed by atoms with Crippen molar-refractivity contribution in [1.29, 1.82) is 0 Å². The lowest BCUT2D eigenvalue weighted by Gasteiger charge is -2.20. The molecule has 2 aliphatic rings. The van der Waals surface area contributed by atoms with Gasteiger partial charge < -0.3 is 5.32 Å². The van der Waals surface area contributed by atoms with E-state index in [4.69, 9.17) is 0 Å². The summed E-state index contributed by atoms with van der Waals surface area (Å²) in [7, 11) is 0. The molecule has 2 saturated carbocycles. The predicted molar refractivity (Wildman–Crippen MR) is 117 cm³/mol. The van der Waals surface area contributed by atoms with Crippen LogP contribution in [0.15, 0.2) is 0 Å². The molecule has 0 bridgehead atoms. The van der Waals surface area contributed by atoms with E-state index in [1.54, 1.807) is 0 Å². The fourth-order valence-corrected chi connectivity index (χ4v) is 5.25. The SMILES string of the molecule is C1CCCCCC(CCNCC2CCCCCCCCCC2)CCCC1. The zero-order valence-electron chi connectivity index (χ0n) is 17.9. The van der Waals surface area contributed by atoms with Crippen LogP contribution in [0.1, 0.15) is 135 Å². The molecule has 0 heterocycles. The van der Waals surface area contributed by atoms with Crippen molar-refractivity contribution in [3.05, 3.63) is 0 Å². The summed E-state index contributed by atoms with van der Waals surface area (Å²) in [6, 6.07) is 0. The zero-order valence-corrected chi connectivity index (χ0v) is 17.9. The lowest BCUT2D eigenvalue weighted by Crippen LogP contribution is -2.25. The van der Waals surface area contributed by atoms with Crippen LogP contribution in [0.3, 0.4) is 0 Å². The quantitative estimate of drug-likeness (QED) is 0.487. The van der Waals surface area contributed by atoms with Gasteiger partial charge in [-0.2, -0.15) is 0 Å². The minimum atomic E-state index is 0.959. The normalized spacial score (nSPS) is 24.5. The Kier molecular flexibility index (Phi) is 13.7. The molecule has 2 fully saturated rings. The molecule has 1 N–H and O–H groups in total. The van der Waals surface area contributed by atoms with Crippen LogP contribution in [0.5, 0.6) is 0 Å².